The van der Waals surface area contributed by atoms with Gasteiger partial charge in [-0.1, -0.05) is 0 Å². The van der Waals surface area contributed by atoms with Gasteiger partial charge >= 0.3 is 0 Å². The van der Waals surface area contributed by atoms with Crippen molar-refractivity contribution in [3.05, 3.63) is 101 Å². The van der Waals surface area contributed by atoms with Gasteiger partial charge in [0.05, 0.1) is 4.92 Å². The summed E-state index contributed by atoms with van der Waals surface area (Å²) in [6, 6.07) is 12.9. The second-order valence-corrected chi connectivity index (χ2v) is 6.54. The summed E-state index contributed by atoms with van der Waals surface area (Å²) in [5.74, 6) is -0.177. The van der Waals surface area contributed by atoms with Crippen molar-refractivity contribution in [1.82, 2.24) is 25.1 Å². The molecular formula is C21H15FN6O4. The lowest BCUT2D eigenvalue weighted by molar-refractivity contribution is -0.384. The molecule has 4 rings (SSSR count). The number of halogens is 1. The van der Waals surface area contributed by atoms with Crippen molar-refractivity contribution < 1.29 is 18.8 Å². The maximum absolute atomic E-state index is 13.0. The predicted molar refractivity (Wildman–Crippen MR) is 110 cm³/mol. The number of carbonyl (C=O) groups excluding carboxylic acids is 1. The Hall–Kier alpha value is -4.67. The molecule has 160 valence electrons. The second-order valence-electron chi connectivity index (χ2n) is 6.54. The summed E-state index contributed by atoms with van der Waals surface area (Å²) in [6.07, 6.45) is 4.10. The van der Waals surface area contributed by atoms with E-state index in [9.17, 15) is 19.3 Å². The molecule has 1 N–H and O–H groups in total. The van der Waals surface area contributed by atoms with Gasteiger partial charge in [-0.05, 0) is 48.0 Å². The highest BCUT2D eigenvalue weighted by Crippen LogP contribution is 2.24. The number of benzene rings is 2. The molecule has 0 radical (unpaired) electrons. The Balaban J connectivity index is 1.45. The molecule has 0 aliphatic heterocycles. The number of pyridine rings is 1. The van der Waals surface area contributed by atoms with Crippen LogP contribution in [0.15, 0.2) is 73.4 Å². The van der Waals surface area contributed by atoms with E-state index in [0.29, 0.717) is 11.3 Å². The number of nitro groups is 1. The van der Waals surface area contributed by atoms with Crippen LogP contribution in [0.1, 0.15) is 15.9 Å². The predicted octanol–water partition coefficient (Wildman–Crippen LogP) is 3.43. The van der Waals surface area contributed by atoms with Crippen LogP contribution >= 0.6 is 0 Å². The van der Waals surface area contributed by atoms with Crippen LogP contribution in [0.25, 0.3) is 5.69 Å². The molecule has 0 spiro atoms. The summed E-state index contributed by atoms with van der Waals surface area (Å²) < 4.78 is 19.8. The van der Waals surface area contributed by atoms with E-state index in [2.05, 4.69) is 20.4 Å². The highest BCUT2D eigenvalue weighted by atomic mass is 19.1. The van der Waals surface area contributed by atoms with E-state index in [-0.39, 0.29) is 35.2 Å². The number of nitrogens with one attached hydrogen (secondary N) is 1. The smallest absolute Gasteiger partial charge is 0.295 e. The molecule has 0 aliphatic rings. The minimum absolute atomic E-state index is 0.123. The summed E-state index contributed by atoms with van der Waals surface area (Å²) in [5.41, 5.74) is 0.736. The zero-order valence-electron chi connectivity index (χ0n) is 16.4. The summed E-state index contributed by atoms with van der Waals surface area (Å²) in [7, 11) is 0. The molecule has 0 atom stereocenters. The second kappa shape index (κ2) is 9.00. The summed E-state index contributed by atoms with van der Waals surface area (Å²) in [6.45, 7) is 0.139. The third-order valence-corrected chi connectivity index (χ3v) is 4.39. The van der Waals surface area contributed by atoms with Crippen LogP contribution in [-0.4, -0.2) is 30.6 Å². The van der Waals surface area contributed by atoms with Crippen molar-refractivity contribution in [2.24, 2.45) is 0 Å². The van der Waals surface area contributed by atoms with Gasteiger partial charge in [0, 0.05) is 30.4 Å². The van der Waals surface area contributed by atoms with Crippen LogP contribution in [0.3, 0.4) is 0 Å². The first kappa shape index (κ1) is 20.6. The van der Waals surface area contributed by atoms with Crippen molar-refractivity contribution in [3.63, 3.8) is 0 Å². The van der Waals surface area contributed by atoms with Crippen molar-refractivity contribution in [1.29, 1.82) is 0 Å². The van der Waals surface area contributed by atoms with Crippen LogP contribution in [0.2, 0.25) is 0 Å². The number of nitrogens with zero attached hydrogens (tertiary/aromatic N) is 5. The number of aromatic nitrogens is 4. The van der Waals surface area contributed by atoms with E-state index in [0.717, 1.165) is 0 Å². The first-order valence-corrected chi connectivity index (χ1v) is 9.29. The molecule has 0 unspecified atom stereocenters. The molecular weight excluding hydrogens is 419 g/mol. The Kier molecular flexibility index (Phi) is 5.79. The number of amides is 1. The van der Waals surface area contributed by atoms with Crippen LogP contribution in [-0.2, 0) is 6.54 Å². The number of rotatable bonds is 7. The van der Waals surface area contributed by atoms with E-state index in [4.69, 9.17) is 4.74 Å². The Morgan fingerprint density at radius 1 is 1.16 bits per heavy atom. The fourth-order valence-electron chi connectivity index (χ4n) is 2.86. The molecule has 0 bridgehead atoms. The lowest BCUT2D eigenvalue weighted by Crippen LogP contribution is -2.23. The number of nitro benzene ring substituents is 1. The Labute approximate surface area is 180 Å². The zero-order valence-corrected chi connectivity index (χ0v) is 16.4. The van der Waals surface area contributed by atoms with Gasteiger partial charge in [0.2, 0.25) is 5.88 Å². The molecule has 2 heterocycles. The van der Waals surface area contributed by atoms with Crippen LogP contribution < -0.4 is 10.1 Å². The molecule has 2 aromatic carbocycles. The molecule has 11 heteroatoms. The fraction of sp³-hybridized carbons (Fsp3) is 0.0476. The van der Waals surface area contributed by atoms with Crippen molar-refractivity contribution in [2.45, 2.75) is 6.54 Å². The van der Waals surface area contributed by atoms with E-state index >= 15 is 0 Å². The topological polar surface area (TPSA) is 125 Å². The maximum atomic E-state index is 13.0. The third kappa shape index (κ3) is 4.73. The number of hydrogen-bond donors (Lipinski definition) is 1. The van der Waals surface area contributed by atoms with Gasteiger partial charge in [-0.3, -0.25) is 14.9 Å². The minimum Gasteiger partial charge on any atom is -0.439 e. The van der Waals surface area contributed by atoms with Gasteiger partial charge in [0.15, 0.2) is 0 Å². The van der Waals surface area contributed by atoms with E-state index in [1.165, 1.54) is 66.0 Å². The molecule has 1 amide bonds. The Morgan fingerprint density at radius 2 is 1.97 bits per heavy atom. The van der Waals surface area contributed by atoms with Gasteiger partial charge in [-0.25, -0.2) is 19.0 Å². The molecule has 2 aromatic heterocycles. The highest BCUT2D eigenvalue weighted by Gasteiger charge is 2.19. The summed E-state index contributed by atoms with van der Waals surface area (Å²) in [5, 5.41) is 18.0. The number of ether oxygens (including phenoxy) is 1. The van der Waals surface area contributed by atoms with Gasteiger partial charge in [-0.15, -0.1) is 0 Å². The fourth-order valence-corrected chi connectivity index (χ4v) is 2.86. The maximum Gasteiger partial charge on any atom is 0.295 e. The summed E-state index contributed by atoms with van der Waals surface area (Å²) in [4.78, 5) is 31.3. The normalized spacial score (nSPS) is 10.5. The monoisotopic (exact) mass is 434 g/mol. The highest BCUT2D eigenvalue weighted by molar-refractivity contribution is 5.95. The summed E-state index contributed by atoms with van der Waals surface area (Å²) >= 11 is 0. The third-order valence-electron chi connectivity index (χ3n) is 4.39. The average molecular weight is 434 g/mol. The van der Waals surface area contributed by atoms with E-state index < -0.39 is 10.8 Å². The van der Waals surface area contributed by atoms with Crippen LogP contribution in [0.5, 0.6) is 11.6 Å². The van der Waals surface area contributed by atoms with E-state index in [1.54, 1.807) is 12.1 Å². The Bertz CT molecular complexity index is 1260. The van der Waals surface area contributed by atoms with Gasteiger partial charge < -0.3 is 10.1 Å². The number of carbonyl (C=O) groups is 1. The first-order valence-electron chi connectivity index (χ1n) is 9.29. The SMILES string of the molecule is O=C(NCc1ccnc(Oc2ccc(F)cc2)c1)c1ccc(-n2cncn2)c([N+](=O)[O-])c1. The molecule has 0 saturated heterocycles. The lowest BCUT2D eigenvalue weighted by Gasteiger charge is -2.09. The van der Waals surface area contributed by atoms with Crippen molar-refractivity contribution in [3.8, 4) is 17.3 Å². The first-order chi connectivity index (χ1) is 15.5. The minimum atomic E-state index is -0.588. The molecule has 10 nitrogen and oxygen atoms in total. The zero-order chi connectivity index (χ0) is 22.5. The van der Waals surface area contributed by atoms with Gasteiger partial charge in [0.1, 0.15) is 29.9 Å². The molecule has 32 heavy (non-hydrogen) atoms. The average Bonchev–Trinajstić information content (AvgIpc) is 3.34. The number of hydrogen-bond acceptors (Lipinski definition) is 7. The molecule has 0 aliphatic carbocycles. The van der Waals surface area contributed by atoms with Crippen LogP contribution in [0.4, 0.5) is 10.1 Å². The lowest BCUT2D eigenvalue weighted by atomic mass is 10.1. The molecule has 0 fully saturated rings. The Morgan fingerprint density at radius 3 is 2.69 bits per heavy atom. The molecule has 0 saturated carbocycles. The van der Waals surface area contributed by atoms with Gasteiger partial charge in [0.25, 0.3) is 11.6 Å². The van der Waals surface area contributed by atoms with Gasteiger partial charge in [-0.2, -0.15) is 5.10 Å². The van der Waals surface area contributed by atoms with Crippen molar-refractivity contribution in [2.75, 3.05) is 0 Å². The largest absolute Gasteiger partial charge is 0.439 e. The van der Waals surface area contributed by atoms with Crippen molar-refractivity contribution >= 4 is 11.6 Å². The standard InChI is InChI=1S/C21H15FN6O4/c22-16-2-4-17(5-3-16)32-20-9-14(7-8-24-20)11-25-21(29)15-1-6-18(19(10-15)28(30)31)27-13-23-12-26-27/h1-10,12-13H,11H2,(H,25,29). The molecule has 4 aromatic rings. The quantitative estimate of drug-likeness (QED) is 0.349. The van der Waals surface area contributed by atoms with E-state index in [1.807, 2.05) is 0 Å². The van der Waals surface area contributed by atoms with Crippen LogP contribution in [0, 0.1) is 15.9 Å².